The summed E-state index contributed by atoms with van der Waals surface area (Å²) in [5, 5.41) is 11.0. The maximum Gasteiger partial charge on any atom is 0.274 e. The minimum Gasteiger partial charge on any atom is -0.350 e. The molecule has 1 aromatic heterocycles. The molecule has 2 aromatic rings. The number of amides is 2. The SMILES string of the molecule is O=C(NCC1CCCCN1C(=O)c1ccn(C2CCCNC2)n1)c1ccccc1. The van der Waals surface area contributed by atoms with E-state index < -0.39 is 0 Å². The van der Waals surface area contributed by atoms with Crippen LogP contribution in [0.1, 0.15) is 59.0 Å². The van der Waals surface area contributed by atoms with Crippen LogP contribution in [0.25, 0.3) is 0 Å². The van der Waals surface area contributed by atoms with Gasteiger partial charge in [0.15, 0.2) is 0 Å². The summed E-state index contributed by atoms with van der Waals surface area (Å²) in [7, 11) is 0. The van der Waals surface area contributed by atoms with Gasteiger partial charge in [-0.1, -0.05) is 18.2 Å². The van der Waals surface area contributed by atoms with E-state index in [4.69, 9.17) is 0 Å². The summed E-state index contributed by atoms with van der Waals surface area (Å²) < 4.78 is 1.93. The summed E-state index contributed by atoms with van der Waals surface area (Å²) in [5.41, 5.74) is 1.14. The van der Waals surface area contributed by atoms with Crippen molar-refractivity contribution in [2.45, 2.75) is 44.2 Å². The summed E-state index contributed by atoms with van der Waals surface area (Å²) in [5.74, 6) is -0.135. The van der Waals surface area contributed by atoms with Crippen molar-refractivity contribution in [2.24, 2.45) is 0 Å². The van der Waals surface area contributed by atoms with Crippen molar-refractivity contribution in [1.29, 1.82) is 0 Å². The van der Waals surface area contributed by atoms with Gasteiger partial charge < -0.3 is 15.5 Å². The van der Waals surface area contributed by atoms with Crippen molar-refractivity contribution in [2.75, 3.05) is 26.2 Å². The number of nitrogens with one attached hydrogen (secondary N) is 2. The second kappa shape index (κ2) is 9.22. The molecule has 0 aliphatic carbocycles. The molecule has 0 radical (unpaired) electrons. The number of aromatic nitrogens is 2. The Balaban J connectivity index is 1.39. The lowest BCUT2D eigenvalue weighted by molar-refractivity contribution is 0.0595. The average molecular weight is 396 g/mol. The fourth-order valence-corrected chi connectivity index (χ4v) is 4.24. The standard InChI is InChI=1S/C22H29N5O2/c28-21(17-7-2-1-3-8-17)24-16-18-9-4-5-13-26(18)22(29)20-11-14-27(25-20)19-10-6-12-23-15-19/h1-3,7-8,11,14,18-19,23H,4-6,9-10,12-13,15-16H2,(H,24,28). The summed E-state index contributed by atoms with van der Waals surface area (Å²) in [6, 6.07) is 11.3. The van der Waals surface area contributed by atoms with E-state index in [9.17, 15) is 9.59 Å². The predicted molar refractivity (Wildman–Crippen MR) is 111 cm³/mol. The van der Waals surface area contributed by atoms with Gasteiger partial charge in [-0.2, -0.15) is 5.10 Å². The van der Waals surface area contributed by atoms with Gasteiger partial charge >= 0.3 is 0 Å². The van der Waals surface area contributed by atoms with Crippen LogP contribution in [0.4, 0.5) is 0 Å². The highest BCUT2D eigenvalue weighted by Crippen LogP contribution is 2.21. The Labute approximate surface area is 171 Å². The number of carbonyl (C=O) groups is 2. The molecule has 0 spiro atoms. The highest BCUT2D eigenvalue weighted by molar-refractivity contribution is 5.94. The molecule has 2 aliphatic heterocycles. The topological polar surface area (TPSA) is 79.3 Å². The predicted octanol–water partition coefficient (Wildman–Crippen LogP) is 2.23. The zero-order valence-electron chi connectivity index (χ0n) is 16.7. The van der Waals surface area contributed by atoms with Crippen molar-refractivity contribution in [3.05, 3.63) is 53.9 Å². The first-order valence-corrected chi connectivity index (χ1v) is 10.6. The molecule has 29 heavy (non-hydrogen) atoms. The summed E-state index contributed by atoms with van der Waals surface area (Å²) in [6.45, 7) is 3.12. The molecule has 154 valence electrons. The third kappa shape index (κ3) is 4.67. The van der Waals surface area contributed by atoms with E-state index in [0.717, 1.165) is 45.2 Å². The van der Waals surface area contributed by atoms with Crippen LogP contribution in [0.3, 0.4) is 0 Å². The molecular weight excluding hydrogens is 366 g/mol. The maximum atomic E-state index is 13.1. The zero-order valence-corrected chi connectivity index (χ0v) is 16.7. The van der Waals surface area contributed by atoms with Crippen LogP contribution in [0.2, 0.25) is 0 Å². The summed E-state index contributed by atoms with van der Waals surface area (Å²) in [6.07, 6.45) is 7.08. The Bertz CT molecular complexity index is 829. The second-order valence-corrected chi connectivity index (χ2v) is 7.91. The number of carbonyl (C=O) groups excluding carboxylic acids is 2. The normalized spacial score (nSPS) is 22.3. The molecule has 3 heterocycles. The Morgan fingerprint density at radius 1 is 1.10 bits per heavy atom. The Morgan fingerprint density at radius 2 is 1.97 bits per heavy atom. The van der Waals surface area contributed by atoms with Gasteiger partial charge in [-0.25, -0.2) is 0 Å². The Hall–Kier alpha value is -2.67. The van der Waals surface area contributed by atoms with E-state index >= 15 is 0 Å². The first-order valence-electron chi connectivity index (χ1n) is 10.6. The maximum absolute atomic E-state index is 13.1. The first-order chi connectivity index (χ1) is 14.2. The molecule has 0 saturated carbocycles. The van der Waals surface area contributed by atoms with E-state index in [1.54, 1.807) is 12.1 Å². The zero-order chi connectivity index (χ0) is 20.1. The fourth-order valence-electron chi connectivity index (χ4n) is 4.24. The van der Waals surface area contributed by atoms with Gasteiger partial charge in [-0.15, -0.1) is 0 Å². The van der Waals surface area contributed by atoms with Crippen LogP contribution >= 0.6 is 0 Å². The second-order valence-electron chi connectivity index (χ2n) is 7.91. The molecular formula is C22H29N5O2. The number of hydrogen-bond acceptors (Lipinski definition) is 4. The number of likely N-dealkylation sites (tertiary alicyclic amines) is 1. The highest BCUT2D eigenvalue weighted by atomic mass is 16.2. The lowest BCUT2D eigenvalue weighted by Gasteiger charge is -2.35. The highest BCUT2D eigenvalue weighted by Gasteiger charge is 2.29. The van der Waals surface area contributed by atoms with Crippen LogP contribution in [-0.4, -0.2) is 58.7 Å². The molecule has 2 amide bonds. The fraction of sp³-hybridized carbons (Fsp3) is 0.500. The lowest BCUT2D eigenvalue weighted by atomic mass is 10.0. The van der Waals surface area contributed by atoms with Gasteiger partial charge in [-0.05, 0) is 56.8 Å². The number of hydrogen-bond donors (Lipinski definition) is 2. The van der Waals surface area contributed by atoms with Crippen LogP contribution in [-0.2, 0) is 0 Å². The molecule has 2 fully saturated rings. The largest absolute Gasteiger partial charge is 0.350 e. The van der Waals surface area contributed by atoms with Gasteiger partial charge in [0.1, 0.15) is 5.69 Å². The average Bonchev–Trinajstić information content (AvgIpc) is 3.29. The lowest BCUT2D eigenvalue weighted by Crippen LogP contribution is -2.49. The molecule has 2 unspecified atom stereocenters. The molecule has 7 nitrogen and oxygen atoms in total. The molecule has 1 aromatic carbocycles. The van der Waals surface area contributed by atoms with Crippen molar-refractivity contribution >= 4 is 11.8 Å². The molecule has 4 rings (SSSR count). The van der Waals surface area contributed by atoms with Crippen LogP contribution in [0.5, 0.6) is 0 Å². The van der Waals surface area contributed by atoms with E-state index in [0.29, 0.717) is 30.4 Å². The van der Waals surface area contributed by atoms with Gasteiger partial charge in [0.25, 0.3) is 11.8 Å². The monoisotopic (exact) mass is 395 g/mol. The molecule has 2 N–H and O–H groups in total. The smallest absolute Gasteiger partial charge is 0.274 e. The van der Waals surface area contributed by atoms with E-state index in [1.165, 1.54) is 0 Å². The Morgan fingerprint density at radius 3 is 2.76 bits per heavy atom. The van der Waals surface area contributed by atoms with E-state index in [1.807, 2.05) is 40.0 Å². The number of piperidine rings is 2. The number of nitrogens with zero attached hydrogens (tertiary/aromatic N) is 3. The Kier molecular flexibility index (Phi) is 6.24. The van der Waals surface area contributed by atoms with Crippen LogP contribution < -0.4 is 10.6 Å². The van der Waals surface area contributed by atoms with E-state index in [-0.39, 0.29) is 17.9 Å². The molecule has 2 atom stereocenters. The summed E-state index contributed by atoms with van der Waals surface area (Å²) >= 11 is 0. The van der Waals surface area contributed by atoms with Crippen molar-refractivity contribution in [3.63, 3.8) is 0 Å². The van der Waals surface area contributed by atoms with Gasteiger partial charge in [0.05, 0.1) is 6.04 Å². The minimum absolute atomic E-state index is 0.00501. The molecule has 7 heteroatoms. The molecule has 2 aliphatic rings. The van der Waals surface area contributed by atoms with Crippen LogP contribution in [0.15, 0.2) is 42.6 Å². The van der Waals surface area contributed by atoms with Crippen molar-refractivity contribution < 1.29 is 9.59 Å². The minimum atomic E-state index is -0.0994. The number of rotatable bonds is 5. The van der Waals surface area contributed by atoms with Gasteiger partial charge in [-0.3, -0.25) is 14.3 Å². The third-order valence-electron chi connectivity index (χ3n) is 5.89. The molecule has 0 bridgehead atoms. The first kappa shape index (κ1) is 19.6. The van der Waals surface area contributed by atoms with Crippen molar-refractivity contribution in [1.82, 2.24) is 25.3 Å². The quantitative estimate of drug-likeness (QED) is 0.814. The van der Waals surface area contributed by atoms with Gasteiger partial charge in [0.2, 0.25) is 0 Å². The summed E-state index contributed by atoms with van der Waals surface area (Å²) in [4.78, 5) is 27.4. The van der Waals surface area contributed by atoms with Gasteiger partial charge in [0, 0.05) is 37.4 Å². The van der Waals surface area contributed by atoms with Crippen LogP contribution in [0, 0.1) is 0 Å². The van der Waals surface area contributed by atoms with E-state index in [2.05, 4.69) is 15.7 Å². The van der Waals surface area contributed by atoms with Crippen molar-refractivity contribution in [3.8, 4) is 0 Å². The third-order valence-corrected chi connectivity index (χ3v) is 5.89. The molecule has 2 saturated heterocycles. The number of benzene rings is 1.